The molecule has 14 heavy (non-hydrogen) atoms. The summed E-state index contributed by atoms with van der Waals surface area (Å²) in [7, 11) is 0. The Balaban J connectivity index is 2.07. The molecular formula is C11H22N2O. The van der Waals surface area contributed by atoms with Crippen LogP contribution in [0.2, 0.25) is 0 Å². The highest BCUT2D eigenvalue weighted by Gasteiger charge is 2.07. The largest absolute Gasteiger partial charge is 0.395 e. The van der Waals surface area contributed by atoms with Gasteiger partial charge in [0, 0.05) is 6.54 Å². The fraction of sp³-hybridized carbons (Fsp3) is 0.909. The molecule has 3 heteroatoms. The molecule has 0 saturated carbocycles. The van der Waals surface area contributed by atoms with Crippen molar-refractivity contribution in [1.29, 1.82) is 0 Å². The zero-order chi connectivity index (χ0) is 10.2. The van der Waals surface area contributed by atoms with Crippen molar-refractivity contribution in [2.45, 2.75) is 39.5 Å². The van der Waals surface area contributed by atoms with E-state index >= 15 is 0 Å². The van der Waals surface area contributed by atoms with E-state index in [0.29, 0.717) is 0 Å². The van der Waals surface area contributed by atoms with Gasteiger partial charge in [0.2, 0.25) is 0 Å². The minimum absolute atomic E-state index is 0.727. The van der Waals surface area contributed by atoms with E-state index in [1.807, 2.05) is 13.8 Å². The number of hydrogen-bond donors (Lipinski definition) is 0. The lowest BCUT2D eigenvalue weighted by Gasteiger charge is -2.18. The van der Waals surface area contributed by atoms with Gasteiger partial charge in [0.25, 0.3) is 0 Å². The van der Waals surface area contributed by atoms with Crippen molar-refractivity contribution in [3.63, 3.8) is 0 Å². The van der Waals surface area contributed by atoms with Gasteiger partial charge in [0.1, 0.15) is 6.61 Å². The van der Waals surface area contributed by atoms with Crippen LogP contribution in [0.25, 0.3) is 0 Å². The van der Waals surface area contributed by atoms with Crippen LogP contribution >= 0.6 is 0 Å². The highest BCUT2D eigenvalue weighted by atomic mass is 16.6. The molecule has 0 N–H and O–H groups in total. The predicted molar refractivity (Wildman–Crippen MR) is 59.6 cm³/mol. The van der Waals surface area contributed by atoms with Gasteiger partial charge in [-0.1, -0.05) is 18.0 Å². The quantitative estimate of drug-likeness (QED) is 0.393. The number of nitrogens with zero attached hydrogens (tertiary/aromatic N) is 2. The van der Waals surface area contributed by atoms with E-state index in [4.69, 9.17) is 4.84 Å². The number of hydrogen-bond acceptors (Lipinski definition) is 3. The Bertz CT molecular complexity index is 168. The average molecular weight is 198 g/mol. The summed E-state index contributed by atoms with van der Waals surface area (Å²) in [5.74, 6) is 0. The van der Waals surface area contributed by atoms with Crippen LogP contribution in [0, 0.1) is 0 Å². The van der Waals surface area contributed by atoms with E-state index in [9.17, 15) is 0 Å². The lowest BCUT2D eigenvalue weighted by Crippen LogP contribution is -2.28. The summed E-state index contributed by atoms with van der Waals surface area (Å²) in [6, 6.07) is 0. The van der Waals surface area contributed by atoms with Crippen LogP contribution in [0.5, 0.6) is 0 Å². The van der Waals surface area contributed by atoms with Gasteiger partial charge in [-0.05, 0) is 39.8 Å². The Kier molecular flexibility index (Phi) is 5.60. The van der Waals surface area contributed by atoms with Crippen LogP contribution in [0.3, 0.4) is 0 Å². The fourth-order valence-corrected chi connectivity index (χ4v) is 1.70. The van der Waals surface area contributed by atoms with Crippen molar-refractivity contribution >= 4 is 5.71 Å². The molecule has 0 aromatic heterocycles. The van der Waals surface area contributed by atoms with Gasteiger partial charge in [0.15, 0.2) is 0 Å². The molecule has 0 atom stereocenters. The molecular weight excluding hydrogens is 176 g/mol. The Hall–Kier alpha value is -0.570. The van der Waals surface area contributed by atoms with Gasteiger partial charge in [-0.3, -0.25) is 4.90 Å². The molecule has 0 bridgehead atoms. The zero-order valence-corrected chi connectivity index (χ0v) is 9.46. The first-order valence-electron chi connectivity index (χ1n) is 5.64. The van der Waals surface area contributed by atoms with Crippen LogP contribution in [0.4, 0.5) is 0 Å². The molecule has 1 aliphatic heterocycles. The van der Waals surface area contributed by atoms with Gasteiger partial charge >= 0.3 is 0 Å². The molecule has 0 radical (unpaired) electrons. The van der Waals surface area contributed by atoms with Crippen molar-refractivity contribution < 1.29 is 4.84 Å². The highest BCUT2D eigenvalue weighted by Crippen LogP contribution is 2.08. The lowest BCUT2D eigenvalue weighted by atomic mass is 10.2. The molecule has 0 aromatic rings. The summed E-state index contributed by atoms with van der Waals surface area (Å²) in [5.41, 5.74) is 0.987. The smallest absolute Gasteiger partial charge is 0.129 e. The van der Waals surface area contributed by atoms with Gasteiger partial charge in [-0.25, -0.2) is 0 Å². The molecule has 3 nitrogen and oxygen atoms in total. The molecule has 0 aliphatic carbocycles. The van der Waals surface area contributed by atoms with Crippen molar-refractivity contribution in [3.05, 3.63) is 0 Å². The molecule has 0 amide bonds. The molecule has 1 aliphatic rings. The highest BCUT2D eigenvalue weighted by molar-refractivity contribution is 5.78. The van der Waals surface area contributed by atoms with Crippen LogP contribution in [-0.2, 0) is 4.84 Å². The topological polar surface area (TPSA) is 24.8 Å². The maximum Gasteiger partial charge on any atom is 0.129 e. The predicted octanol–water partition coefficient (Wildman–Crippen LogP) is 2.27. The van der Waals surface area contributed by atoms with E-state index in [2.05, 4.69) is 10.1 Å². The van der Waals surface area contributed by atoms with E-state index < -0.39 is 0 Å². The minimum Gasteiger partial charge on any atom is -0.395 e. The number of rotatable bonds is 4. The second-order valence-corrected chi connectivity index (χ2v) is 4.13. The monoisotopic (exact) mass is 198 g/mol. The van der Waals surface area contributed by atoms with Crippen molar-refractivity contribution in [2.75, 3.05) is 26.2 Å². The zero-order valence-electron chi connectivity index (χ0n) is 9.46. The lowest BCUT2D eigenvalue weighted by molar-refractivity contribution is 0.111. The van der Waals surface area contributed by atoms with Gasteiger partial charge < -0.3 is 4.84 Å². The first-order valence-corrected chi connectivity index (χ1v) is 5.64. The summed E-state index contributed by atoms with van der Waals surface area (Å²) in [6.45, 7) is 8.12. The van der Waals surface area contributed by atoms with Crippen LogP contribution < -0.4 is 0 Å². The summed E-state index contributed by atoms with van der Waals surface area (Å²) in [4.78, 5) is 7.66. The van der Waals surface area contributed by atoms with Crippen molar-refractivity contribution in [3.8, 4) is 0 Å². The maximum absolute atomic E-state index is 5.18. The van der Waals surface area contributed by atoms with E-state index in [1.165, 1.54) is 38.8 Å². The van der Waals surface area contributed by atoms with Gasteiger partial charge in [0.05, 0.1) is 5.71 Å². The second kappa shape index (κ2) is 6.82. The third-order valence-corrected chi connectivity index (χ3v) is 2.44. The van der Waals surface area contributed by atoms with E-state index in [-0.39, 0.29) is 0 Å². The van der Waals surface area contributed by atoms with Crippen molar-refractivity contribution in [2.24, 2.45) is 5.16 Å². The van der Waals surface area contributed by atoms with Crippen LogP contribution in [0.1, 0.15) is 39.5 Å². The normalized spacial score (nSPS) is 18.7. The summed E-state index contributed by atoms with van der Waals surface area (Å²) in [5, 5.41) is 3.92. The Morgan fingerprint density at radius 1 is 1.14 bits per heavy atom. The molecule has 1 saturated heterocycles. The molecule has 0 aromatic carbocycles. The van der Waals surface area contributed by atoms with Gasteiger partial charge in [-0.2, -0.15) is 0 Å². The van der Waals surface area contributed by atoms with Crippen LogP contribution in [-0.4, -0.2) is 36.9 Å². The first-order chi connectivity index (χ1) is 6.79. The van der Waals surface area contributed by atoms with Crippen molar-refractivity contribution in [1.82, 2.24) is 4.90 Å². The summed E-state index contributed by atoms with van der Waals surface area (Å²) in [6.07, 6.45) is 5.47. The molecule has 1 heterocycles. The molecule has 0 unspecified atom stereocenters. The molecule has 82 valence electrons. The van der Waals surface area contributed by atoms with E-state index in [0.717, 1.165) is 18.9 Å². The number of likely N-dealkylation sites (tertiary alicyclic amines) is 1. The molecule has 1 fully saturated rings. The fourth-order valence-electron chi connectivity index (χ4n) is 1.70. The second-order valence-electron chi connectivity index (χ2n) is 4.13. The number of oxime groups is 1. The first kappa shape index (κ1) is 11.5. The Morgan fingerprint density at radius 3 is 2.36 bits per heavy atom. The average Bonchev–Trinajstić information content (AvgIpc) is 2.40. The SMILES string of the molecule is CC(C)=NOCCN1CCCCCC1. The summed E-state index contributed by atoms with van der Waals surface area (Å²) < 4.78 is 0. The third kappa shape index (κ3) is 5.22. The standard InChI is InChI=1S/C11H22N2O/c1-11(2)12-14-10-9-13-7-5-3-4-6-8-13/h3-10H2,1-2H3. The van der Waals surface area contributed by atoms with Crippen LogP contribution in [0.15, 0.2) is 5.16 Å². The minimum atomic E-state index is 0.727. The summed E-state index contributed by atoms with van der Waals surface area (Å²) >= 11 is 0. The Morgan fingerprint density at radius 2 is 1.79 bits per heavy atom. The molecule has 0 spiro atoms. The Labute approximate surface area is 87.1 Å². The van der Waals surface area contributed by atoms with E-state index in [1.54, 1.807) is 0 Å². The maximum atomic E-state index is 5.18. The third-order valence-electron chi connectivity index (χ3n) is 2.44. The molecule has 1 rings (SSSR count). The van der Waals surface area contributed by atoms with Gasteiger partial charge in [-0.15, -0.1) is 0 Å².